The van der Waals surface area contributed by atoms with Crippen molar-refractivity contribution >= 4 is 39.1 Å². The third kappa shape index (κ3) is 8.25. The third-order valence-corrected chi connectivity index (χ3v) is 7.47. The second-order valence-corrected chi connectivity index (χ2v) is 10.8. The summed E-state index contributed by atoms with van der Waals surface area (Å²) in [6.07, 6.45) is 2.69. The van der Waals surface area contributed by atoms with E-state index in [-0.39, 0.29) is 24.8 Å². The van der Waals surface area contributed by atoms with Crippen LogP contribution >= 0.6 is 11.6 Å². The predicted molar refractivity (Wildman–Crippen MR) is 142 cm³/mol. The number of sulfonamides is 1. The molecule has 35 heavy (non-hydrogen) atoms. The highest BCUT2D eigenvalue weighted by Crippen LogP contribution is 2.28. The summed E-state index contributed by atoms with van der Waals surface area (Å²) >= 11 is 6.21. The number of amides is 2. The number of halogens is 1. The van der Waals surface area contributed by atoms with Gasteiger partial charge in [0.05, 0.1) is 11.9 Å². The van der Waals surface area contributed by atoms with Gasteiger partial charge in [-0.25, -0.2) is 8.42 Å². The maximum absolute atomic E-state index is 13.3. The van der Waals surface area contributed by atoms with Crippen LogP contribution in [0.3, 0.4) is 0 Å². The largest absolute Gasteiger partial charge is 0.355 e. The van der Waals surface area contributed by atoms with Crippen LogP contribution in [0.5, 0.6) is 0 Å². The molecular formula is C26H36ClN3O4S. The number of rotatable bonds is 13. The van der Waals surface area contributed by atoms with Crippen molar-refractivity contribution in [3.8, 4) is 0 Å². The van der Waals surface area contributed by atoms with Gasteiger partial charge >= 0.3 is 0 Å². The number of hydrogen-bond acceptors (Lipinski definition) is 4. The molecule has 0 radical (unpaired) electrons. The average molecular weight is 522 g/mol. The van der Waals surface area contributed by atoms with E-state index in [1.54, 1.807) is 30.0 Å². The number of carbonyl (C=O) groups is 2. The van der Waals surface area contributed by atoms with E-state index in [0.29, 0.717) is 48.6 Å². The van der Waals surface area contributed by atoms with Gasteiger partial charge in [-0.05, 0) is 56.4 Å². The second kappa shape index (κ2) is 13.5. The third-order valence-electron chi connectivity index (χ3n) is 5.88. The average Bonchev–Trinajstić information content (AvgIpc) is 2.81. The highest BCUT2D eigenvalue weighted by Gasteiger charge is 2.28. The van der Waals surface area contributed by atoms with Crippen molar-refractivity contribution in [1.82, 2.24) is 10.2 Å². The lowest BCUT2D eigenvalue weighted by atomic mass is 10.1. The molecule has 2 aromatic rings. The lowest BCUT2D eigenvalue weighted by molar-refractivity contribution is -0.140. The Morgan fingerprint density at radius 1 is 1.03 bits per heavy atom. The monoisotopic (exact) mass is 521 g/mol. The first-order valence-electron chi connectivity index (χ1n) is 11.9. The predicted octanol–water partition coefficient (Wildman–Crippen LogP) is 4.18. The van der Waals surface area contributed by atoms with Crippen LogP contribution in [0.15, 0.2) is 48.5 Å². The van der Waals surface area contributed by atoms with Gasteiger partial charge in [0.2, 0.25) is 21.8 Å². The Hall–Kier alpha value is -2.58. The highest BCUT2D eigenvalue weighted by molar-refractivity contribution is 7.92. The van der Waals surface area contributed by atoms with Gasteiger partial charge in [-0.3, -0.25) is 13.9 Å². The van der Waals surface area contributed by atoms with E-state index < -0.39 is 16.1 Å². The van der Waals surface area contributed by atoms with Crippen LogP contribution in [0.1, 0.15) is 44.2 Å². The number of carbonyl (C=O) groups excluding carboxylic acids is 2. The molecule has 0 aliphatic rings. The molecule has 0 fully saturated rings. The van der Waals surface area contributed by atoms with Crippen molar-refractivity contribution in [2.45, 2.75) is 52.5 Å². The minimum absolute atomic E-state index is 0.121. The van der Waals surface area contributed by atoms with E-state index >= 15 is 0 Å². The van der Waals surface area contributed by atoms with Crippen molar-refractivity contribution in [2.24, 2.45) is 0 Å². The molecule has 0 unspecified atom stereocenters. The van der Waals surface area contributed by atoms with E-state index in [4.69, 9.17) is 11.6 Å². The summed E-state index contributed by atoms with van der Waals surface area (Å²) in [7, 11) is -3.58. The molecule has 0 aromatic heterocycles. The molecule has 0 spiro atoms. The van der Waals surface area contributed by atoms with Crippen LogP contribution < -0.4 is 9.62 Å². The minimum atomic E-state index is -3.58. The molecule has 7 nitrogen and oxygen atoms in total. The van der Waals surface area contributed by atoms with Gasteiger partial charge in [-0.1, -0.05) is 54.9 Å². The standard InChI is InChI=1S/C26H36ClN3O4S/c1-5-23(26(32)28-6-2)29(19-17-21-12-8-7-9-13-21)25(31)16-11-18-30(35(4,33)34)24-15-10-14-22(27)20(24)3/h7-10,12-15,23H,5-6,11,16-19H2,1-4H3,(H,28,32)/t23-/m1/s1. The molecule has 0 saturated heterocycles. The van der Waals surface area contributed by atoms with E-state index in [0.717, 1.165) is 11.8 Å². The zero-order chi connectivity index (χ0) is 26.0. The maximum Gasteiger partial charge on any atom is 0.242 e. The summed E-state index contributed by atoms with van der Waals surface area (Å²) in [4.78, 5) is 27.6. The van der Waals surface area contributed by atoms with Gasteiger partial charge in [0, 0.05) is 31.1 Å². The molecule has 1 atom stereocenters. The molecular weight excluding hydrogens is 486 g/mol. The van der Waals surface area contributed by atoms with Crippen molar-refractivity contribution in [1.29, 1.82) is 0 Å². The Bertz CT molecular complexity index is 1090. The van der Waals surface area contributed by atoms with Crippen LogP contribution in [0.4, 0.5) is 5.69 Å². The van der Waals surface area contributed by atoms with E-state index in [1.807, 2.05) is 44.2 Å². The van der Waals surface area contributed by atoms with Gasteiger partial charge < -0.3 is 10.2 Å². The molecule has 2 aromatic carbocycles. The number of nitrogens with zero attached hydrogens (tertiary/aromatic N) is 2. The molecule has 0 bridgehead atoms. The van der Waals surface area contributed by atoms with E-state index in [9.17, 15) is 18.0 Å². The van der Waals surface area contributed by atoms with E-state index in [1.165, 1.54) is 4.31 Å². The molecule has 2 amide bonds. The summed E-state index contributed by atoms with van der Waals surface area (Å²) in [6, 6.07) is 14.4. The zero-order valence-corrected chi connectivity index (χ0v) is 22.5. The minimum Gasteiger partial charge on any atom is -0.355 e. The Morgan fingerprint density at radius 2 is 1.71 bits per heavy atom. The van der Waals surface area contributed by atoms with Gasteiger partial charge in [-0.2, -0.15) is 0 Å². The summed E-state index contributed by atoms with van der Waals surface area (Å²) in [6.45, 7) is 6.52. The maximum atomic E-state index is 13.3. The Balaban J connectivity index is 2.17. The fourth-order valence-electron chi connectivity index (χ4n) is 4.04. The SMILES string of the molecule is CCNC(=O)[C@@H](CC)N(CCc1ccccc1)C(=O)CCCN(c1cccc(Cl)c1C)S(C)(=O)=O. The summed E-state index contributed by atoms with van der Waals surface area (Å²) in [5, 5.41) is 3.30. The molecule has 0 aliphatic carbocycles. The lowest BCUT2D eigenvalue weighted by Gasteiger charge is -2.31. The van der Waals surface area contributed by atoms with E-state index in [2.05, 4.69) is 5.32 Å². The number of anilines is 1. The van der Waals surface area contributed by atoms with Crippen LogP contribution in [0.2, 0.25) is 5.02 Å². The fourth-order valence-corrected chi connectivity index (χ4v) is 5.22. The molecule has 2 rings (SSSR count). The first-order chi connectivity index (χ1) is 16.6. The number of hydrogen-bond donors (Lipinski definition) is 1. The first-order valence-corrected chi connectivity index (χ1v) is 14.2. The zero-order valence-electron chi connectivity index (χ0n) is 21.0. The van der Waals surface area contributed by atoms with Crippen LogP contribution in [0.25, 0.3) is 0 Å². The topological polar surface area (TPSA) is 86.8 Å². The number of benzene rings is 2. The lowest BCUT2D eigenvalue weighted by Crippen LogP contribution is -2.50. The molecule has 0 aliphatic heterocycles. The summed E-state index contributed by atoms with van der Waals surface area (Å²) < 4.78 is 26.3. The Labute approximate surface area is 214 Å². The highest BCUT2D eigenvalue weighted by atomic mass is 35.5. The Morgan fingerprint density at radius 3 is 2.31 bits per heavy atom. The number of nitrogens with one attached hydrogen (secondary N) is 1. The molecule has 9 heteroatoms. The van der Waals surface area contributed by atoms with Gasteiger partial charge in [-0.15, -0.1) is 0 Å². The van der Waals surface area contributed by atoms with Crippen molar-refractivity contribution in [2.75, 3.05) is 30.2 Å². The van der Waals surface area contributed by atoms with Crippen LogP contribution in [0, 0.1) is 6.92 Å². The molecule has 1 N–H and O–H groups in total. The normalized spacial score (nSPS) is 12.1. The molecule has 192 valence electrons. The second-order valence-electron chi connectivity index (χ2n) is 8.46. The van der Waals surface area contributed by atoms with Crippen molar-refractivity contribution in [3.05, 3.63) is 64.7 Å². The quantitative estimate of drug-likeness (QED) is 0.428. The van der Waals surface area contributed by atoms with Crippen molar-refractivity contribution in [3.63, 3.8) is 0 Å². The van der Waals surface area contributed by atoms with Crippen LogP contribution in [-0.2, 0) is 26.0 Å². The smallest absolute Gasteiger partial charge is 0.242 e. The Kier molecular flexibility index (Phi) is 11.0. The molecule has 0 saturated carbocycles. The summed E-state index contributed by atoms with van der Waals surface area (Å²) in [5.74, 6) is -0.348. The fraction of sp³-hybridized carbons (Fsp3) is 0.462. The molecule has 0 heterocycles. The van der Waals surface area contributed by atoms with Gasteiger partial charge in [0.1, 0.15) is 6.04 Å². The van der Waals surface area contributed by atoms with Crippen LogP contribution in [-0.4, -0.2) is 57.1 Å². The first kappa shape index (κ1) is 28.7. The van der Waals surface area contributed by atoms with Gasteiger partial charge in [0.25, 0.3) is 0 Å². The summed E-state index contributed by atoms with van der Waals surface area (Å²) in [5.41, 5.74) is 2.25. The van der Waals surface area contributed by atoms with Gasteiger partial charge in [0.15, 0.2) is 0 Å². The number of likely N-dealkylation sites (N-methyl/N-ethyl adjacent to an activating group) is 1. The van der Waals surface area contributed by atoms with Crippen molar-refractivity contribution < 1.29 is 18.0 Å².